The van der Waals surface area contributed by atoms with E-state index in [4.69, 9.17) is 9.15 Å². The van der Waals surface area contributed by atoms with Crippen LogP contribution < -0.4 is 9.64 Å². The molecule has 2 aliphatic rings. The van der Waals surface area contributed by atoms with Crippen molar-refractivity contribution in [2.75, 3.05) is 38.2 Å². The van der Waals surface area contributed by atoms with Crippen molar-refractivity contribution in [2.24, 2.45) is 5.92 Å². The molecule has 0 unspecified atom stereocenters. The molecule has 0 radical (unpaired) electrons. The summed E-state index contributed by atoms with van der Waals surface area (Å²) in [7, 11) is 1.60. The second-order valence-electron chi connectivity index (χ2n) is 6.63. The molecule has 25 heavy (non-hydrogen) atoms. The number of piperazine rings is 1. The minimum absolute atomic E-state index is 0.0769. The van der Waals surface area contributed by atoms with Crippen LogP contribution in [0.1, 0.15) is 23.8 Å². The van der Waals surface area contributed by atoms with E-state index in [2.05, 4.69) is 14.9 Å². The minimum Gasteiger partial charge on any atom is -0.481 e. The fraction of sp³-hybridized carbons (Fsp3) is 0.500. The summed E-state index contributed by atoms with van der Waals surface area (Å²) in [5, 5.41) is 0. The van der Waals surface area contributed by atoms with Crippen LogP contribution in [0.4, 0.5) is 5.95 Å². The predicted molar refractivity (Wildman–Crippen MR) is 91.7 cm³/mol. The Balaban J connectivity index is 1.36. The van der Waals surface area contributed by atoms with Gasteiger partial charge in [0.1, 0.15) is 5.76 Å². The Morgan fingerprint density at radius 1 is 1.28 bits per heavy atom. The Kier molecular flexibility index (Phi) is 4.07. The van der Waals surface area contributed by atoms with Gasteiger partial charge in [0.05, 0.1) is 13.4 Å². The van der Waals surface area contributed by atoms with Crippen molar-refractivity contribution >= 4 is 11.9 Å². The summed E-state index contributed by atoms with van der Waals surface area (Å²) in [6.07, 6.45) is 2.56. The summed E-state index contributed by atoms with van der Waals surface area (Å²) in [5.74, 6) is 2.74. The number of hydrogen-bond donors (Lipinski definition) is 0. The Morgan fingerprint density at radius 3 is 2.76 bits per heavy atom. The van der Waals surface area contributed by atoms with E-state index in [1.807, 2.05) is 30.0 Å². The number of anilines is 1. The molecule has 3 heterocycles. The largest absolute Gasteiger partial charge is 0.481 e. The topological polar surface area (TPSA) is 71.7 Å². The van der Waals surface area contributed by atoms with Crippen molar-refractivity contribution < 1.29 is 13.9 Å². The summed E-state index contributed by atoms with van der Waals surface area (Å²) < 4.78 is 10.6. The van der Waals surface area contributed by atoms with Crippen LogP contribution in [0.25, 0.3) is 0 Å². The van der Waals surface area contributed by atoms with E-state index in [1.54, 1.807) is 13.4 Å². The van der Waals surface area contributed by atoms with Crippen LogP contribution in [-0.4, -0.2) is 54.1 Å². The normalized spacial score (nSPS) is 22.8. The average Bonchev–Trinajstić information content (AvgIpc) is 3.25. The molecule has 0 spiro atoms. The Labute approximate surface area is 146 Å². The molecule has 1 aliphatic heterocycles. The zero-order chi connectivity index (χ0) is 17.4. The van der Waals surface area contributed by atoms with Crippen LogP contribution in [-0.2, 0) is 4.79 Å². The zero-order valence-electron chi connectivity index (χ0n) is 14.5. The first-order valence-corrected chi connectivity index (χ1v) is 8.62. The number of aromatic nitrogens is 2. The van der Waals surface area contributed by atoms with E-state index in [1.165, 1.54) is 0 Å². The second-order valence-corrected chi connectivity index (χ2v) is 6.63. The quantitative estimate of drug-likeness (QED) is 0.844. The first-order valence-electron chi connectivity index (χ1n) is 8.62. The Hall–Kier alpha value is -2.57. The molecule has 1 amide bonds. The number of hydrogen-bond acceptors (Lipinski definition) is 6. The molecule has 7 nitrogen and oxygen atoms in total. The van der Waals surface area contributed by atoms with E-state index < -0.39 is 0 Å². The fourth-order valence-electron chi connectivity index (χ4n) is 3.42. The summed E-state index contributed by atoms with van der Waals surface area (Å²) in [6.45, 7) is 4.78. The minimum atomic E-state index is 0.0769. The Bertz CT molecular complexity index is 754. The monoisotopic (exact) mass is 342 g/mol. The molecule has 2 atom stereocenters. The van der Waals surface area contributed by atoms with Crippen LogP contribution >= 0.6 is 0 Å². The van der Waals surface area contributed by atoms with Gasteiger partial charge in [0.2, 0.25) is 17.7 Å². The third-order valence-electron chi connectivity index (χ3n) is 4.92. The van der Waals surface area contributed by atoms with Gasteiger partial charge in [-0.05, 0) is 25.5 Å². The van der Waals surface area contributed by atoms with Gasteiger partial charge >= 0.3 is 0 Å². The van der Waals surface area contributed by atoms with Gasteiger partial charge in [0, 0.05) is 49.8 Å². The first-order chi connectivity index (χ1) is 12.2. The molecule has 132 valence electrons. The number of carbonyl (C=O) groups is 1. The average molecular weight is 342 g/mol. The van der Waals surface area contributed by atoms with E-state index >= 15 is 0 Å². The first kappa shape index (κ1) is 15.9. The van der Waals surface area contributed by atoms with Gasteiger partial charge in [-0.25, -0.2) is 4.98 Å². The summed E-state index contributed by atoms with van der Waals surface area (Å²) in [6, 6.07) is 5.65. The van der Waals surface area contributed by atoms with Crippen LogP contribution in [0.5, 0.6) is 5.88 Å². The number of carbonyl (C=O) groups excluding carboxylic acids is 1. The number of ether oxygens (including phenoxy) is 1. The molecule has 1 saturated heterocycles. The van der Waals surface area contributed by atoms with Crippen molar-refractivity contribution in [1.82, 2.24) is 14.9 Å². The van der Waals surface area contributed by atoms with Crippen molar-refractivity contribution in [3.8, 4) is 5.88 Å². The van der Waals surface area contributed by atoms with Gasteiger partial charge in [0.25, 0.3) is 0 Å². The maximum Gasteiger partial charge on any atom is 0.228 e. The van der Waals surface area contributed by atoms with Crippen molar-refractivity contribution in [3.63, 3.8) is 0 Å². The number of furan rings is 1. The highest BCUT2D eigenvalue weighted by atomic mass is 16.5. The van der Waals surface area contributed by atoms with Gasteiger partial charge in [-0.1, -0.05) is 0 Å². The third-order valence-corrected chi connectivity index (χ3v) is 4.92. The number of nitrogens with zero attached hydrogens (tertiary/aromatic N) is 4. The SMILES string of the molecule is COc1cc(C)nc(N2CCN(C(=O)[C@H]3C[C@H]3c3ccco3)CC2)n1. The van der Waals surface area contributed by atoms with E-state index in [9.17, 15) is 4.79 Å². The van der Waals surface area contributed by atoms with E-state index in [-0.39, 0.29) is 17.7 Å². The predicted octanol–water partition coefficient (Wildman–Crippen LogP) is 1.84. The van der Waals surface area contributed by atoms with Gasteiger partial charge < -0.3 is 19.0 Å². The van der Waals surface area contributed by atoms with Crippen molar-refractivity contribution in [1.29, 1.82) is 0 Å². The van der Waals surface area contributed by atoms with E-state index in [0.29, 0.717) is 24.9 Å². The molecule has 0 N–H and O–H groups in total. The highest BCUT2D eigenvalue weighted by molar-refractivity contribution is 5.83. The number of methoxy groups -OCH3 is 1. The maximum absolute atomic E-state index is 12.7. The molecule has 0 bridgehead atoms. The van der Waals surface area contributed by atoms with E-state index in [0.717, 1.165) is 31.0 Å². The molecule has 2 aromatic rings. The van der Waals surface area contributed by atoms with Gasteiger partial charge in [-0.15, -0.1) is 0 Å². The van der Waals surface area contributed by atoms with Crippen LogP contribution in [0.2, 0.25) is 0 Å². The molecule has 1 saturated carbocycles. The smallest absolute Gasteiger partial charge is 0.228 e. The molecule has 1 aliphatic carbocycles. The van der Waals surface area contributed by atoms with Gasteiger partial charge in [-0.2, -0.15) is 4.98 Å². The lowest BCUT2D eigenvalue weighted by atomic mass is 10.2. The van der Waals surface area contributed by atoms with Crippen LogP contribution in [0.3, 0.4) is 0 Å². The van der Waals surface area contributed by atoms with Crippen molar-refractivity contribution in [3.05, 3.63) is 35.9 Å². The van der Waals surface area contributed by atoms with Crippen molar-refractivity contribution in [2.45, 2.75) is 19.3 Å². The molecular formula is C18H22N4O3. The van der Waals surface area contributed by atoms with Crippen LogP contribution in [0.15, 0.2) is 28.9 Å². The van der Waals surface area contributed by atoms with Gasteiger partial charge in [0.15, 0.2) is 0 Å². The molecule has 0 aromatic carbocycles. The highest BCUT2D eigenvalue weighted by Crippen LogP contribution is 2.48. The molecule has 2 aromatic heterocycles. The third kappa shape index (κ3) is 3.18. The number of aryl methyl sites for hydroxylation is 1. The number of amides is 1. The number of rotatable bonds is 4. The standard InChI is InChI=1S/C18H22N4O3/c1-12-10-16(24-2)20-18(19-12)22-7-5-21(6-8-22)17(23)14-11-13(14)15-4-3-9-25-15/h3-4,9-10,13-14H,5-8,11H2,1-2H3/t13-,14+/m1/s1. The lowest BCUT2D eigenvalue weighted by molar-refractivity contribution is -0.133. The lowest BCUT2D eigenvalue weighted by Crippen LogP contribution is -2.49. The maximum atomic E-state index is 12.7. The summed E-state index contributed by atoms with van der Waals surface area (Å²) in [5.41, 5.74) is 0.875. The van der Waals surface area contributed by atoms with Crippen LogP contribution in [0, 0.1) is 12.8 Å². The molecule has 7 heteroatoms. The lowest BCUT2D eigenvalue weighted by Gasteiger charge is -2.35. The van der Waals surface area contributed by atoms with Gasteiger partial charge in [-0.3, -0.25) is 4.79 Å². The molecular weight excluding hydrogens is 320 g/mol. The second kappa shape index (κ2) is 6.38. The molecule has 2 fully saturated rings. The Morgan fingerprint density at radius 2 is 2.08 bits per heavy atom. The summed E-state index contributed by atoms with van der Waals surface area (Å²) >= 11 is 0. The zero-order valence-corrected chi connectivity index (χ0v) is 14.5. The highest BCUT2D eigenvalue weighted by Gasteiger charge is 2.47. The fourth-order valence-corrected chi connectivity index (χ4v) is 3.42. The molecule has 4 rings (SSSR count). The summed E-state index contributed by atoms with van der Waals surface area (Å²) in [4.78, 5) is 25.6.